The molecule has 27 heavy (non-hydrogen) atoms. The molecule has 4 heterocycles. The van der Waals surface area contributed by atoms with Crippen LogP contribution in [0.4, 0.5) is 10.6 Å². The second-order valence-corrected chi connectivity index (χ2v) is 7.69. The Labute approximate surface area is 164 Å². The zero-order valence-corrected chi connectivity index (χ0v) is 16.4. The predicted octanol–water partition coefficient (Wildman–Crippen LogP) is 3.78. The molecule has 0 bridgehead atoms. The van der Waals surface area contributed by atoms with Gasteiger partial charge in [0.1, 0.15) is 11.4 Å². The van der Waals surface area contributed by atoms with E-state index in [9.17, 15) is 4.79 Å². The van der Waals surface area contributed by atoms with Crippen molar-refractivity contribution in [2.75, 3.05) is 31.6 Å². The normalized spacial score (nSPS) is 18.9. The van der Waals surface area contributed by atoms with Crippen molar-refractivity contribution in [3.8, 4) is 11.3 Å². The number of likely N-dealkylation sites (N-methyl/N-ethyl adjacent to an activating group) is 1. The Balaban J connectivity index is 1.57. The van der Waals surface area contributed by atoms with Gasteiger partial charge in [-0.1, -0.05) is 24.6 Å². The molecular formula is C20H23ClN4O2. The lowest BCUT2D eigenvalue weighted by Gasteiger charge is -2.38. The number of rotatable bonds is 3. The first kappa shape index (κ1) is 18.0. The number of nitrogens with zero attached hydrogens (tertiary/aromatic N) is 4. The monoisotopic (exact) mass is 386 g/mol. The van der Waals surface area contributed by atoms with Crippen LogP contribution in [0.5, 0.6) is 0 Å². The topological polar surface area (TPSA) is 58.6 Å². The van der Waals surface area contributed by atoms with Crippen LogP contribution < -0.4 is 4.90 Å². The minimum Gasteiger partial charge on any atom is -0.441 e. The van der Waals surface area contributed by atoms with Crippen molar-refractivity contribution in [1.29, 1.82) is 0 Å². The van der Waals surface area contributed by atoms with Crippen molar-refractivity contribution in [3.05, 3.63) is 41.2 Å². The highest BCUT2D eigenvalue weighted by molar-refractivity contribution is 6.33. The number of carbonyl (C=O) groups is 1. The van der Waals surface area contributed by atoms with E-state index in [0.717, 1.165) is 55.0 Å². The maximum Gasteiger partial charge on any atom is 0.410 e. The molecule has 0 atom stereocenters. The summed E-state index contributed by atoms with van der Waals surface area (Å²) < 4.78 is 5.64. The molecule has 0 unspecified atom stereocenters. The van der Waals surface area contributed by atoms with Crippen LogP contribution in [0.15, 0.2) is 30.6 Å². The SMILES string of the molecule is CCc1cccnc1-c1cc(N2CCC3(CC2)CN(C)C(=O)O3)ncc1Cl. The molecule has 1 amide bonds. The maximum absolute atomic E-state index is 11.8. The number of pyridine rings is 2. The maximum atomic E-state index is 11.8. The van der Waals surface area contributed by atoms with Gasteiger partial charge >= 0.3 is 6.09 Å². The second kappa shape index (κ2) is 7.00. The zero-order chi connectivity index (χ0) is 19.0. The first-order valence-electron chi connectivity index (χ1n) is 9.30. The fraction of sp³-hybridized carbons (Fsp3) is 0.450. The third-order valence-corrected chi connectivity index (χ3v) is 5.81. The zero-order valence-electron chi connectivity index (χ0n) is 15.6. The van der Waals surface area contributed by atoms with Gasteiger partial charge in [-0.15, -0.1) is 0 Å². The summed E-state index contributed by atoms with van der Waals surface area (Å²) in [6, 6.07) is 6.05. The molecule has 1 spiro atoms. The van der Waals surface area contributed by atoms with E-state index in [1.54, 1.807) is 24.3 Å². The number of anilines is 1. The van der Waals surface area contributed by atoms with Crippen LogP contribution in [0.2, 0.25) is 5.02 Å². The number of hydrogen-bond acceptors (Lipinski definition) is 5. The summed E-state index contributed by atoms with van der Waals surface area (Å²) in [5.41, 5.74) is 2.63. The molecule has 2 fully saturated rings. The number of aromatic nitrogens is 2. The Hall–Kier alpha value is -2.34. The average Bonchev–Trinajstić information content (AvgIpc) is 2.96. The largest absolute Gasteiger partial charge is 0.441 e. The lowest BCUT2D eigenvalue weighted by molar-refractivity contribution is 0.0366. The molecular weight excluding hydrogens is 364 g/mol. The van der Waals surface area contributed by atoms with Crippen LogP contribution in [0.3, 0.4) is 0 Å². The van der Waals surface area contributed by atoms with Crippen molar-refractivity contribution in [2.45, 2.75) is 31.8 Å². The molecule has 0 aromatic carbocycles. The van der Waals surface area contributed by atoms with Gasteiger partial charge in [0.25, 0.3) is 0 Å². The molecule has 2 aliphatic heterocycles. The van der Waals surface area contributed by atoms with Crippen molar-refractivity contribution in [1.82, 2.24) is 14.9 Å². The summed E-state index contributed by atoms with van der Waals surface area (Å²) in [5.74, 6) is 0.884. The van der Waals surface area contributed by atoms with E-state index in [4.69, 9.17) is 16.3 Å². The van der Waals surface area contributed by atoms with Crippen molar-refractivity contribution in [2.24, 2.45) is 0 Å². The Morgan fingerprint density at radius 2 is 2.07 bits per heavy atom. The first-order chi connectivity index (χ1) is 13.0. The molecule has 7 heteroatoms. The molecule has 4 rings (SSSR count). The minimum absolute atomic E-state index is 0.224. The van der Waals surface area contributed by atoms with Gasteiger partial charge in [0.2, 0.25) is 0 Å². The third kappa shape index (κ3) is 3.34. The summed E-state index contributed by atoms with van der Waals surface area (Å²) in [6.07, 6.45) is 5.76. The molecule has 6 nitrogen and oxygen atoms in total. The number of ether oxygens (including phenoxy) is 1. The van der Waals surface area contributed by atoms with Crippen molar-refractivity contribution >= 4 is 23.5 Å². The Morgan fingerprint density at radius 1 is 1.30 bits per heavy atom. The van der Waals surface area contributed by atoms with Crippen LogP contribution >= 0.6 is 11.6 Å². The first-order valence-corrected chi connectivity index (χ1v) is 9.68. The van der Waals surface area contributed by atoms with Crippen LogP contribution in [-0.4, -0.2) is 53.2 Å². The van der Waals surface area contributed by atoms with Gasteiger partial charge in [0.05, 0.1) is 17.3 Å². The van der Waals surface area contributed by atoms with Gasteiger partial charge in [-0.3, -0.25) is 4.98 Å². The van der Waals surface area contributed by atoms with Gasteiger partial charge in [-0.25, -0.2) is 9.78 Å². The highest BCUT2D eigenvalue weighted by Gasteiger charge is 2.45. The molecule has 0 N–H and O–H groups in total. The fourth-order valence-electron chi connectivity index (χ4n) is 3.94. The predicted molar refractivity (Wildman–Crippen MR) is 105 cm³/mol. The number of hydrogen-bond donors (Lipinski definition) is 0. The van der Waals surface area contributed by atoms with Gasteiger partial charge < -0.3 is 14.5 Å². The van der Waals surface area contributed by atoms with Crippen LogP contribution in [0.25, 0.3) is 11.3 Å². The van der Waals surface area contributed by atoms with Gasteiger partial charge in [-0.05, 0) is 24.1 Å². The molecule has 142 valence electrons. The van der Waals surface area contributed by atoms with E-state index in [-0.39, 0.29) is 11.7 Å². The molecule has 0 radical (unpaired) electrons. The Kier molecular flexibility index (Phi) is 4.68. The van der Waals surface area contributed by atoms with Gasteiger partial charge in [-0.2, -0.15) is 0 Å². The number of halogens is 1. The van der Waals surface area contributed by atoms with E-state index in [1.165, 1.54) is 0 Å². The van der Waals surface area contributed by atoms with Crippen molar-refractivity contribution < 1.29 is 9.53 Å². The molecule has 2 saturated heterocycles. The number of aryl methyl sites for hydroxylation is 1. The summed E-state index contributed by atoms with van der Waals surface area (Å²) in [4.78, 5) is 24.7. The summed E-state index contributed by atoms with van der Waals surface area (Å²) in [7, 11) is 1.79. The number of piperidine rings is 1. The summed E-state index contributed by atoms with van der Waals surface area (Å²) in [5, 5.41) is 0.604. The van der Waals surface area contributed by atoms with E-state index in [2.05, 4.69) is 27.9 Å². The number of carbonyl (C=O) groups excluding carboxylic acids is 1. The molecule has 2 aliphatic rings. The number of amides is 1. The standard InChI is InChI=1S/C20H23ClN4O2/c1-3-14-5-4-8-22-18(14)15-11-17(23-12-16(15)21)25-9-6-20(7-10-25)13-24(2)19(26)27-20/h4-5,8,11-12H,3,6-7,9-10,13H2,1-2H3. The molecule has 2 aromatic rings. The van der Waals surface area contributed by atoms with Gasteiger partial charge in [0, 0.05) is 50.9 Å². The molecule has 0 aliphatic carbocycles. The van der Waals surface area contributed by atoms with Crippen molar-refractivity contribution in [3.63, 3.8) is 0 Å². The van der Waals surface area contributed by atoms with Crippen LogP contribution in [0.1, 0.15) is 25.3 Å². The highest BCUT2D eigenvalue weighted by atomic mass is 35.5. The smallest absolute Gasteiger partial charge is 0.410 e. The molecule has 2 aromatic heterocycles. The lowest BCUT2D eigenvalue weighted by atomic mass is 9.91. The van der Waals surface area contributed by atoms with E-state index < -0.39 is 0 Å². The quantitative estimate of drug-likeness (QED) is 0.803. The fourth-order valence-corrected chi connectivity index (χ4v) is 4.14. The highest BCUT2D eigenvalue weighted by Crippen LogP contribution is 2.36. The average molecular weight is 387 g/mol. The summed E-state index contributed by atoms with van der Waals surface area (Å²) in [6.45, 7) is 4.35. The van der Waals surface area contributed by atoms with E-state index in [0.29, 0.717) is 11.6 Å². The Bertz CT molecular complexity index is 865. The minimum atomic E-state index is -0.353. The molecule has 0 saturated carbocycles. The lowest BCUT2D eigenvalue weighted by Crippen LogP contribution is -2.47. The summed E-state index contributed by atoms with van der Waals surface area (Å²) >= 11 is 6.45. The second-order valence-electron chi connectivity index (χ2n) is 7.28. The van der Waals surface area contributed by atoms with E-state index in [1.807, 2.05) is 12.1 Å². The van der Waals surface area contributed by atoms with Crippen LogP contribution in [0, 0.1) is 0 Å². The van der Waals surface area contributed by atoms with Crippen LogP contribution in [-0.2, 0) is 11.2 Å². The van der Waals surface area contributed by atoms with Gasteiger partial charge in [0.15, 0.2) is 0 Å². The Morgan fingerprint density at radius 3 is 2.74 bits per heavy atom. The third-order valence-electron chi connectivity index (χ3n) is 5.51. The van der Waals surface area contributed by atoms with E-state index >= 15 is 0 Å².